The van der Waals surface area contributed by atoms with Gasteiger partial charge < -0.3 is 15.1 Å². The number of aliphatic hydroxyl groups is 1. The Bertz CT molecular complexity index is 826. The number of hydrogen-bond donors (Lipinski definition) is 2. The lowest BCUT2D eigenvalue weighted by Crippen LogP contribution is -2.62. The predicted molar refractivity (Wildman–Crippen MR) is 129 cm³/mol. The summed E-state index contributed by atoms with van der Waals surface area (Å²) in [4.78, 5) is 27.1. The van der Waals surface area contributed by atoms with Gasteiger partial charge in [0.15, 0.2) is 5.78 Å². The molecule has 2 N–H and O–H groups in total. The Morgan fingerprint density at radius 2 is 1.88 bits per heavy atom. The third kappa shape index (κ3) is 4.06. The first-order chi connectivity index (χ1) is 15.3. The Hall–Kier alpha value is -1.36. The zero-order valence-corrected chi connectivity index (χ0v) is 21.6. The molecule has 33 heavy (non-hydrogen) atoms. The normalized spacial score (nSPS) is 39.6. The third-order valence-corrected chi connectivity index (χ3v) is 9.96. The Labute approximate surface area is 200 Å². The third-order valence-electron chi connectivity index (χ3n) is 9.96. The number of carbonyl (C=O) groups is 2. The smallest absolute Gasteiger partial charge is 0.303 e. The molecule has 7 atom stereocenters. The number of piperidine rings is 1. The molecule has 0 amide bonds. The number of nitrogens with zero attached hydrogens (tertiary/aromatic N) is 1. The van der Waals surface area contributed by atoms with Gasteiger partial charge in [-0.1, -0.05) is 20.8 Å². The Morgan fingerprint density at radius 1 is 1.18 bits per heavy atom. The van der Waals surface area contributed by atoms with E-state index in [9.17, 15) is 19.8 Å². The van der Waals surface area contributed by atoms with Gasteiger partial charge in [-0.3, -0.25) is 9.59 Å². The molecule has 1 heterocycles. The molecule has 3 fully saturated rings. The van der Waals surface area contributed by atoms with Gasteiger partial charge in [0.2, 0.25) is 0 Å². The molecular weight excluding hydrogens is 414 g/mol. The van der Waals surface area contributed by atoms with Gasteiger partial charge in [-0.15, -0.1) is 0 Å². The molecule has 0 radical (unpaired) electrons. The van der Waals surface area contributed by atoms with E-state index in [2.05, 4.69) is 46.4 Å². The van der Waals surface area contributed by atoms with Crippen molar-refractivity contribution in [2.75, 3.05) is 6.54 Å². The van der Waals surface area contributed by atoms with E-state index in [-0.39, 0.29) is 34.5 Å². The molecule has 0 bridgehead atoms. The van der Waals surface area contributed by atoms with Gasteiger partial charge in [-0.25, -0.2) is 0 Å². The van der Waals surface area contributed by atoms with Crippen LogP contribution in [-0.2, 0) is 9.59 Å². The molecule has 1 unspecified atom stereocenters. The Kier molecular flexibility index (Phi) is 6.29. The zero-order valence-electron chi connectivity index (χ0n) is 21.6. The van der Waals surface area contributed by atoms with E-state index in [4.69, 9.17) is 0 Å². The summed E-state index contributed by atoms with van der Waals surface area (Å²) < 4.78 is 0. The van der Waals surface area contributed by atoms with E-state index in [1.807, 2.05) is 6.08 Å². The molecule has 4 aliphatic rings. The first kappa shape index (κ1) is 24.8. The largest absolute Gasteiger partial charge is 0.481 e. The van der Waals surface area contributed by atoms with Crippen molar-refractivity contribution in [3.05, 3.63) is 11.8 Å². The molecule has 3 aliphatic carbocycles. The number of hydrogen-bond acceptors (Lipinski definition) is 4. The van der Waals surface area contributed by atoms with Crippen molar-refractivity contribution < 1.29 is 19.8 Å². The average Bonchev–Trinajstić information content (AvgIpc) is 3.05. The molecule has 0 aromatic carbocycles. The molecule has 4 rings (SSSR count). The molecule has 2 saturated carbocycles. The number of likely N-dealkylation sites (tertiary alicyclic amines) is 1. The van der Waals surface area contributed by atoms with Crippen LogP contribution in [0.15, 0.2) is 11.8 Å². The number of aliphatic hydroxyl groups excluding tert-OH is 1. The summed E-state index contributed by atoms with van der Waals surface area (Å²) in [6, 6.07) is 0. The fraction of sp³-hybridized carbons (Fsp3) is 0.857. The Balaban J connectivity index is 1.75. The fourth-order valence-corrected chi connectivity index (χ4v) is 8.65. The minimum Gasteiger partial charge on any atom is -0.481 e. The van der Waals surface area contributed by atoms with Crippen LogP contribution < -0.4 is 0 Å². The van der Waals surface area contributed by atoms with Crippen molar-refractivity contribution in [1.82, 2.24) is 4.90 Å². The number of aliphatic carboxylic acids is 1. The number of rotatable bonds is 5. The van der Waals surface area contributed by atoms with E-state index < -0.39 is 12.1 Å². The maximum atomic E-state index is 12.5. The minimum absolute atomic E-state index is 0.0336. The van der Waals surface area contributed by atoms with Gasteiger partial charge in [0.05, 0.1) is 12.5 Å². The minimum atomic E-state index is -0.722. The average molecular weight is 460 g/mol. The SMILES string of the molecule is CC(C)CC(O)[C@H]1CC[C@H]2[C@@H]3CN(C(C)(C)C)C4=CC(=O)CC[C@]4(C)[C@H]3CC[C@]12CC(=O)O. The van der Waals surface area contributed by atoms with Crippen molar-refractivity contribution in [2.24, 2.45) is 40.4 Å². The van der Waals surface area contributed by atoms with Crippen molar-refractivity contribution in [1.29, 1.82) is 0 Å². The van der Waals surface area contributed by atoms with Crippen LogP contribution >= 0.6 is 0 Å². The number of fused-ring (bicyclic) bond motifs is 5. The van der Waals surface area contributed by atoms with Crippen LogP contribution in [0, 0.1) is 40.4 Å². The van der Waals surface area contributed by atoms with Crippen LogP contribution in [0.2, 0.25) is 0 Å². The molecule has 5 heteroatoms. The van der Waals surface area contributed by atoms with Crippen LogP contribution in [0.25, 0.3) is 0 Å². The van der Waals surface area contributed by atoms with Gasteiger partial charge in [0.1, 0.15) is 0 Å². The molecule has 1 aliphatic heterocycles. The van der Waals surface area contributed by atoms with E-state index in [0.717, 1.165) is 45.1 Å². The fourth-order valence-electron chi connectivity index (χ4n) is 8.65. The van der Waals surface area contributed by atoms with Crippen molar-refractivity contribution in [3.63, 3.8) is 0 Å². The monoisotopic (exact) mass is 459 g/mol. The maximum Gasteiger partial charge on any atom is 0.303 e. The maximum absolute atomic E-state index is 12.5. The predicted octanol–water partition coefficient (Wildman–Crippen LogP) is 5.27. The number of carbonyl (C=O) groups excluding carboxylic acids is 1. The lowest BCUT2D eigenvalue weighted by molar-refractivity contribution is -0.152. The summed E-state index contributed by atoms with van der Waals surface area (Å²) in [5, 5.41) is 21.2. The first-order valence-corrected chi connectivity index (χ1v) is 13.2. The summed E-state index contributed by atoms with van der Waals surface area (Å²) in [7, 11) is 0. The molecule has 0 aromatic rings. The number of carboxylic acid groups (broad SMARTS) is 1. The van der Waals surface area contributed by atoms with E-state index in [0.29, 0.717) is 30.1 Å². The second-order valence-corrected chi connectivity index (χ2v) is 13.3. The van der Waals surface area contributed by atoms with Crippen molar-refractivity contribution >= 4 is 11.8 Å². The standard InChI is InChI=1S/C28H45NO4/c1-17(2)13-23(31)22-8-7-21-19-16-29(26(3,4)5)24-14-18(30)9-11-27(24,6)20(19)10-12-28(21,22)15-25(32)33/h14,17,19-23,31H,7-13,15-16H2,1-6H3,(H,32,33)/t19-,20+,21+,22-,23?,27-,28-/m1/s1. The summed E-state index contributed by atoms with van der Waals surface area (Å²) >= 11 is 0. The lowest BCUT2D eigenvalue weighted by atomic mass is 9.48. The lowest BCUT2D eigenvalue weighted by Gasteiger charge is -2.63. The number of allylic oxidation sites excluding steroid dienone is 2. The van der Waals surface area contributed by atoms with Crippen LogP contribution in [-0.4, -0.2) is 45.1 Å². The second-order valence-electron chi connectivity index (χ2n) is 13.3. The molecule has 0 aromatic heterocycles. The van der Waals surface area contributed by atoms with E-state index >= 15 is 0 Å². The van der Waals surface area contributed by atoms with Crippen LogP contribution in [0.3, 0.4) is 0 Å². The van der Waals surface area contributed by atoms with Gasteiger partial charge in [0.25, 0.3) is 0 Å². The molecular formula is C28H45NO4. The highest BCUT2D eigenvalue weighted by Gasteiger charge is 2.63. The molecule has 186 valence electrons. The molecule has 5 nitrogen and oxygen atoms in total. The number of carboxylic acids is 1. The van der Waals surface area contributed by atoms with Gasteiger partial charge >= 0.3 is 5.97 Å². The van der Waals surface area contributed by atoms with E-state index in [1.54, 1.807) is 0 Å². The quantitative estimate of drug-likeness (QED) is 0.585. The highest BCUT2D eigenvalue weighted by Crippen LogP contribution is 2.67. The van der Waals surface area contributed by atoms with Gasteiger partial charge in [-0.2, -0.15) is 0 Å². The van der Waals surface area contributed by atoms with Gasteiger partial charge in [0, 0.05) is 35.7 Å². The van der Waals surface area contributed by atoms with Crippen LogP contribution in [0.1, 0.15) is 92.9 Å². The number of ketones is 1. The first-order valence-electron chi connectivity index (χ1n) is 13.2. The summed E-state index contributed by atoms with van der Waals surface area (Å²) in [6.45, 7) is 14.2. The highest BCUT2D eigenvalue weighted by atomic mass is 16.4. The van der Waals surface area contributed by atoms with Gasteiger partial charge in [-0.05, 0) is 94.3 Å². The van der Waals surface area contributed by atoms with E-state index in [1.165, 1.54) is 5.70 Å². The second kappa shape index (κ2) is 8.39. The molecule has 1 saturated heterocycles. The molecule has 0 spiro atoms. The summed E-state index contributed by atoms with van der Waals surface area (Å²) in [5.74, 6) is 1.19. The highest BCUT2D eigenvalue weighted by molar-refractivity contribution is 5.91. The van der Waals surface area contributed by atoms with Crippen molar-refractivity contribution in [2.45, 2.75) is 105 Å². The zero-order chi connectivity index (χ0) is 24.3. The summed E-state index contributed by atoms with van der Waals surface area (Å²) in [6.07, 6.45) is 7.76. The summed E-state index contributed by atoms with van der Waals surface area (Å²) in [5.41, 5.74) is 0.770. The van der Waals surface area contributed by atoms with Crippen LogP contribution in [0.5, 0.6) is 0 Å². The van der Waals surface area contributed by atoms with Crippen LogP contribution in [0.4, 0.5) is 0 Å². The Morgan fingerprint density at radius 3 is 2.48 bits per heavy atom. The topological polar surface area (TPSA) is 77.8 Å². The van der Waals surface area contributed by atoms with Crippen molar-refractivity contribution in [3.8, 4) is 0 Å².